The van der Waals surface area contributed by atoms with Crippen molar-refractivity contribution in [3.8, 4) is 5.75 Å². The molecule has 1 aliphatic carbocycles. The van der Waals surface area contributed by atoms with Gasteiger partial charge < -0.3 is 10.5 Å². The van der Waals surface area contributed by atoms with Crippen LogP contribution in [0.5, 0.6) is 5.75 Å². The number of benzene rings is 1. The summed E-state index contributed by atoms with van der Waals surface area (Å²) in [5.41, 5.74) is 7.75. The molecule has 1 fully saturated rings. The molecule has 0 saturated heterocycles. The third kappa shape index (κ3) is 3.99. The standard InChI is InChI=1S/C18H29NO/c1-4-14-6-5-7-16(12-14)18(19)15-8-10-17(11-9-15)20-13(2)3/h8-11,13-14,16,18H,4-7,12,19H2,1-3H3. The van der Waals surface area contributed by atoms with Gasteiger partial charge in [-0.3, -0.25) is 0 Å². The molecule has 3 unspecified atom stereocenters. The Morgan fingerprint density at radius 1 is 1.20 bits per heavy atom. The van der Waals surface area contributed by atoms with Gasteiger partial charge in [-0.1, -0.05) is 38.3 Å². The highest BCUT2D eigenvalue weighted by atomic mass is 16.5. The van der Waals surface area contributed by atoms with E-state index in [0.717, 1.165) is 11.7 Å². The Morgan fingerprint density at radius 3 is 2.50 bits per heavy atom. The number of nitrogens with two attached hydrogens (primary N) is 1. The van der Waals surface area contributed by atoms with Gasteiger partial charge in [0.25, 0.3) is 0 Å². The summed E-state index contributed by atoms with van der Waals surface area (Å²) < 4.78 is 5.69. The second-order valence-electron chi connectivity index (χ2n) is 6.46. The Labute approximate surface area is 123 Å². The molecule has 2 heteroatoms. The van der Waals surface area contributed by atoms with Gasteiger partial charge >= 0.3 is 0 Å². The first-order valence-electron chi connectivity index (χ1n) is 8.12. The largest absolute Gasteiger partial charge is 0.491 e. The zero-order chi connectivity index (χ0) is 14.5. The van der Waals surface area contributed by atoms with E-state index in [1.165, 1.54) is 37.7 Å². The predicted octanol–water partition coefficient (Wildman–Crippen LogP) is 4.69. The van der Waals surface area contributed by atoms with Crippen molar-refractivity contribution < 1.29 is 4.74 Å². The van der Waals surface area contributed by atoms with E-state index in [-0.39, 0.29) is 12.1 Å². The van der Waals surface area contributed by atoms with Crippen LogP contribution in [0.3, 0.4) is 0 Å². The van der Waals surface area contributed by atoms with Crippen LogP contribution >= 0.6 is 0 Å². The summed E-state index contributed by atoms with van der Waals surface area (Å²) in [5.74, 6) is 2.46. The summed E-state index contributed by atoms with van der Waals surface area (Å²) in [6.45, 7) is 6.40. The van der Waals surface area contributed by atoms with E-state index < -0.39 is 0 Å². The van der Waals surface area contributed by atoms with Gasteiger partial charge in [-0.2, -0.15) is 0 Å². The predicted molar refractivity (Wildman–Crippen MR) is 84.9 cm³/mol. The van der Waals surface area contributed by atoms with Crippen LogP contribution in [-0.4, -0.2) is 6.10 Å². The highest BCUT2D eigenvalue weighted by Gasteiger charge is 2.26. The first kappa shape index (κ1) is 15.4. The molecule has 0 heterocycles. The Balaban J connectivity index is 1.99. The number of rotatable bonds is 5. The topological polar surface area (TPSA) is 35.2 Å². The smallest absolute Gasteiger partial charge is 0.119 e. The van der Waals surface area contributed by atoms with Crippen molar-refractivity contribution in [2.75, 3.05) is 0 Å². The Morgan fingerprint density at radius 2 is 1.90 bits per heavy atom. The van der Waals surface area contributed by atoms with E-state index in [1.54, 1.807) is 0 Å². The maximum absolute atomic E-state index is 6.50. The van der Waals surface area contributed by atoms with E-state index in [2.05, 4.69) is 31.2 Å². The lowest BCUT2D eigenvalue weighted by atomic mass is 9.75. The molecule has 1 aromatic rings. The lowest BCUT2D eigenvalue weighted by molar-refractivity contribution is 0.229. The fourth-order valence-corrected chi connectivity index (χ4v) is 3.34. The van der Waals surface area contributed by atoms with E-state index in [0.29, 0.717) is 5.92 Å². The van der Waals surface area contributed by atoms with Gasteiger partial charge in [-0.25, -0.2) is 0 Å². The van der Waals surface area contributed by atoms with Crippen LogP contribution in [0.25, 0.3) is 0 Å². The van der Waals surface area contributed by atoms with Crippen LogP contribution in [0.4, 0.5) is 0 Å². The van der Waals surface area contributed by atoms with Crippen LogP contribution < -0.4 is 10.5 Å². The number of hydrogen-bond acceptors (Lipinski definition) is 2. The van der Waals surface area contributed by atoms with Crippen molar-refractivity contribution in [1.82, 2.24) is 0 Å². The highest BCUT2D eigenvalue weighted by Crippen LogP contribution is 2.37. The molecule has 0 aliphatic heterocycles. The lowest BCUT2D eigenvalue weighted by Crippen LogP contribution is -2.26. The third-order valence-electron chi connectivity index (χ3n) is 4.55. The van der Waals surface area contributed by atoms with Crippen LogP contribution in [0.2, 0.25) is 0 Å². The summed E-state index contributed by atoms with van der Waals surface area (Å²) in [6, 6.07) is 8.55. The fourth-order valence-electron chi connectivity index (χ4n) is 3.34. The van der Waals surface area contributed by atoms with Crippen molar-refractivity contribution in [2.45, 2.75) is 65.0 Å². The summed E-state index contributed by atoms with van der Waals surface area (Å²) >= 11 is 0. The molecule has 0 amide bonds. The molecule has 112 valence electrons. The van der Waals surface area contributed by atoms with Gasteiger partial charge in [0.05, 0.1) is 6.10 Å². The van der Waals surface area contributed by atoms with Crippen LogP contribution in [0.1, 0.15) is 64.5 Å². The summed E-state index contributed by atoms with van der Waals surface area (Å²) in [5, 5.41) is 0. The van der Waals surface area contributed by atoms with E-state index in [4.69, 9.17) is 10.5 Å². The zero-order valence-electron chi connectivity index (χ0n) is 13.1. The summed E-state index contributed by atoms with van der Waals surface area (Å²) in [7, 11) is 0. The third-order valence-corrected chi connectivity index (χ3v) is 4.55. The second kappa shape index (κ2) is 7.12. The SMILES string of the molecule is CCC1CCCC(C(N)c2ccc(OC(C)C)cc2)C1. The quantitative estimate of drug-likeness (QED) is 0.846. The van der Waals surface area contributed by atoms with Gasteiger partial charge in [-0.05, 0) is 56.2 Å². The van der Waals surface area contributed by atoms with Crippen molar-refractivity contribution >= 4 is 0 Å². The molecule has 1 saturated carbocycles. The first-order valence-corrected chi connectivity index (χ1v) is 8.12. The van der Waals surface area contributed by atoms with Gasteiger partial charge in [0, 0.05) is 6.04 Å². The molecule has 20 heavy (non-hydrogen) atoms. The van der Waals surface area contributed by atoms with Crippen LogP contribution in [0, 0.1) is 11.8 Å². The molecule has 0 bridgehead atoms. The minimum absolute atomic E-state index is 0.178. The lowest BCUT2D eigenvalue weighted by Gasteiger charge is -2.32. The second-order valence-corrected chi connectivity index (χ2v) is 6.46. The normalized spacial score (nSPS) is 24.6. The zero-order valence-corrected chi connectivity index (χ0v) is 13.1. The van der Waals surface area contributed by atoms with E-state index in [1.807, 2.05) is 13.8 Å². The summed E-state index contributed by atoms with van der Waals surface area (Å²) in [6.07, 6.45) is 6.82. The highest BCUT2D eigenvalue weighted by molar-refractivity contribution is 5.29. The molecule has 0 radical (unpaired) electrons. The number of hydrogen-bond donors (Lipinski definition) is 1. The van der Waals surface area contributed by atoms with Gasteiger partial charge in [0.15, 0.2) is 0 Å². The van der Waals surface area contributed by atoms with Crippen LogP contribution in [0.15, 0.2) is 24.3 Å². The van der Waals surface area contributed by atoms with Crippen molar-refractivity contribution in [2.24, 2.45) is 17.6 Å². The van der Waals surface area contributed by atoms with Crippen LogP contribution in [-0.2, 0) is 0 Å². The fraction of sp³-hybridized carbons (Fsp3) is 0.667. The minimum atomic E-state index is 0.178. The molecular formula is C18H29NO. The van der Waals surface area contributed by atoms with E-state index >= 15 is 0 Å². The molecule has 2 nitrogen and oxygen atoms in total. The molecule has 3 atom stereocenters. The Kier molecular flexibility index (Phi) is 5.47. The Hall–Kier alpha value is -1.02. The van der Waals surface area contributed by atoms with E-state index in [9.17, 15) is 0 Å². The molecular weight excluding hydrogens is 246 g/mol. The number of ether oxygens (including phenoxy) is 1. The monoisotopic (exact) mass is 275 g/mol. The molecule has 0 aromatic heterocycles. The molecule has 2 rings (SSSR count). The maximum Gasteiger partial charge on any atom is 0.119 e. The molecule has 1 aromatic carbocycles. The van der Waals surface area contributed by atoms with Crippen molar-refractivity contribution in [3.05, 3.63) is 29.8 Å². The molecule has 1 aliphatic rings. The molecule has 0 spiro atoms. The van der Waals surface area contributed by atoms with Gasteiger partial charge in [-0.15, -0.1) is 0 Å². The van der Waals surface area contributed by atoms with Gasteiger partial charge in [0.1, 0.15) is 5.75 Å². The average molecular weight is 275 g/mol. The van der Waals surface area contributed by atoms with Gasteiger partial charge in [0.2, 0.25) is 0 Å². The first-order chi connectivity index (χ1) is 9.60. The molecule has 2 N–H and O–H groups in total. The average Bonchev–Trinajstić information content (AvgIpc) is 2.47. The summed E-state index contributed by atoms with van der Waals surface area (Å²) in [4.78, 5) is 0. The maximum atomic E-state index is 6.50. The van der Waals surface area contributed by atoms with Crippen molar-refractivity contribution in [1.29, 1.82) is 0 Å². The van der Waals surface area contributed by atoms with Crippen molar-refractivity contribution in [3.63, 3.8) is 0 Å². The minimum Gasteiger partial charge on any atom is -0.491 e. The Bertz CT molecular complexity index is 398.